The Labute approximate surface area is 147 Å². The molecule has 24 heavy (non-hydrogen) atoms. The number of carbonyl (C=O) groups excluding carboxylic acids is 1. The van der Waals surface area contributed by atoms with Crippen LogP contribution in [-0.2, 0) is 12.8 Å². The van der Waals surface area contributed by atoms with E-state index in [0.717, 1.165) is 40.3 Å². The summed E-state index contributed by atoms with van der Waals surface area (Å²) in [7, 11) is 0. The van der Waals surface area contributed by atoms with Gasteiger partial charge in [0, 0.05) is 32.7 Å². The molecule has 0 saturated carbocycles. The van der Waals surface area contributed by atoms with Crippen molar-refractivity contribution in [3.05, 3.63) is 69.6 Å². The number of aryl methyl sites for hydroxylation is 1. The van der Waals surface area contributed by atoms with E-state index in [0.29, 0.717) is 5.56 Å². The van der Waals surface area contributed by atoms with Gasteiger partial charge in [0.25, 0.3) is 5.91 Å². The Morgan fingerprint density at radius 2 is 2.12 bits per heavy atom. The van der Waals surface area contributed by atoms with E-state index in [1.165, 1.54) is 17.7 Å². The summed E-state index contributed by atoms with van der Waals surface area (Å²) in [5, 5.41) is 4.17. The van der Waals surface area contributed by atoms with Crippen LogP contribution < -0.4 is 5.32 Å². The molecular weight excluding hydrogens is 371 g/mol. The zero-order valence-corrected chi connectivity index (χ0v) is 14.5. The molecule has 4 rings (SSSR count). The SMILES string of the molecule is O=C(NC1CCc2[nH]c3cc(F)ccc3c2C1)c1cccc(Br)c1. The summed E-state index contributed by atoms with van der Waals surface area (Å²) >= 11 is 3.39. The van der Waals surface area contributed by atoms with Crippen molar-refractivity contribution >= 4 is 32.7 Å². The van der Waals surface area contributed by atoms with Crippen LogP contribution in [0.1, 0.15) is 28.0 Å². The zero-order valence-electron chi connectivity index (χ0n) is 12.9. The smallest absolute Gasteiger partial charge is 0.251 e. The lowest BCUT2D eigenvalue weighted by Gasteiger charge is -2.23. The van der Waals surface area contributed by atoms with Gasteiger partial charge in [0.2, 0.25) is 0 Å². The molecule has 0 fully saturated rings. The Balaban J connectivity index is 1.56. The summed E-state index contributed by atoms with van der Waals surface area (Å²) in [6.07, 6.45) is 2.50. The Kier molecular flexibility index (Phi) is 3.88. The summed E-state index contributed by atoms with van der Waals surface area (Å²) in [6.45, 7) is 0. The van der Waals surface area contributed by atoms with Gasteiger partial charge in [-0.25, -0.2) is 4.39 Å². The molecule has 2 N–H and O–H groups in total. The van der Waals surface area contributed by atoms with Crippen LogP contribution in [0.4, 0.5) is 4.39 Å². The van der Waals surface area contributed by atoms with Gasteiger partial charge >= 0.3 is 0 Å². The van der Waals surface area contributed by atoms with E-state index in [4.69, 9.17) is 0 Å². The first kappa shape index (κ1) is 15.4. The molecule has 3 nitrogen and oxygen atoms in total. The molecule has 1 aromatic heterocycles. The predicted octanol–water partition coefficient (Wildman–Crippen LogP) is 4.36. The maximum atomic E-state index is 13.4. The number of rotatable bonds is 2. The molecule has 1 atom stereocenters. The second kappa shape index (κ2) is 6.06. The van der Waals surface area contributed by atoms with Crippen LogP contribution in [0.15, 0.2) is 46.9 Å². The van der Waals surface area contributed by atoms with Gasteiger partial charge in [-0.15, -0.1) is 0 Å². The quantitative estimate of drug-likeness (QED) is 0.675. The number of benzene rings is 2. The van der Waals surface area contributed by atoms with Gasteiger partial charge in [-0.05, 0) is 61.2 Å². The third-order valence-electron chi connectivity index (χ3n) is 4.57. The minimum Gasteiger partial charge on any atom is -0.358 e. The average Bonchev–Trinajstić information content (AvgIpc) is 2.91. The number of fused-ring (bicyclic) bond motifs is 3. The van der Waals surface area contributed by atoms with Crippen LogP contribution >= 0.6 is 15.9 Å². The number of amides is 1. The Morgan fingerprint density at radius 3 is 2.96 bits per heavy atom. The maximum absolute atomic E-state index is 13.4. The highest BCUT2D eigenvalue weighted by Crippen LogP contribution is 2.29. The van der Waals surface area contributed by atoms with Crippen molar-refractivity contribution in [3.63, 3.8) is 0 Å². The van der Waals surface area contributed by atoms with Crippen molar-refractivity contribution < 1.29 is 9.18 Å². The molecule has 0 spiro atoms. The fourth-order valence-corrected chi connectivity index (χ4v) is 3.82. The first-order valence-corrected chi connectivity index (χ1v) is 8.75. The molecule has 1 unspecified atom stereocenters. The lowest BCUT2D eigenvalue weighted by Crippen LogP contribution is -2.38. The summed E-state index contributed by atoms with van der Waals surface area (Å²) < 4.78 is 14.3. The fourth-order valence-electron chi connectivity index (χ4n) is 3.42. The minimum absolute atomic E-state index is 0.0596. The van der Waals surface area contributed by atoms with Crippen LogP contribution in [-0.4, -0.2) is 16.9 Å². The molecule has 0 radical (unpaired) electrons. The number of hydrogen-bond acceptors (Lipinski definition) is 1. The summed E-state index contributed by atoms with van der Waals surface area (Å²) in [5.41, 5.74) is 3.83. The molecule has 122 valence electrons. The van der Waals surface area contributed by atoms with Gasteiger partial charge in [0.05, 0.1) is 0 Å². The van der Waals surface area contributed by atoms with Crippen molar-refractivity contribution in [3.8, 4) is 0 Å². The molecule has 1 amide bonds. The standard InChI is InChI=1S/C19H16BrFN2O/c20-12-3-1-2-11(8-12)19(24)22-14-5-7-17-16(10-14)15-6-4-13(21)9-18(15)23-17/h1-4,6,8-9,14,23H,5,7,10H2,(H,22,24). The van der Waals surface area contributed by atoms with Crippen LogP contribution in [0, 0.1) is 5.82 Å². The van der Waals surface area contributed by atoms with Crippen LogP contribution in [0.3, 0.4) is 0 Å². The number of nitrogens with one attached hydrogen (secondary N) is 2. The molecule has 0 saturated heterocycles. The first-order chi connectivity index (χ1) is 11.6. The molecule has 0 bridgehead atoms. The molecule has 1 heterocycles. The van der Waals surface area contributed by atoms with Gasteiger partial charge < -0.3 is 10.3 Å². The number of H-pyrrole nitrogens is 1. The number of carbonyl (C=O) groups is 1. The Morgan fingerprint density at radius 1 is 1.25 bits per heavy atom. The van der Waals surface area contributed by atoms with Crippen LogP contribution in [0.2, 0.25) is 0 Å². The van der Waals surface area contributed by atoms with E-state index < -0.39 is 0 Å². The third kappa shape index (κ3) is 2.84. The highest BCUT2D eigenvalue weighted by Gasteiger charge is 2.24. The summed E-state index contributed by atoms with van der Waals surface area (Å²) in [4.78, 5) is 15.7. The van der Waals surface area contributed by atoms with Crippen molar-refractivity contribution in [2.45, 2.75) is 25.3 Å². The van der Waals surface area contributed by atoms with Crippen LogP contribution in [0.25, 0.3) is 10.9 Å². The number of halogens is 2. The van der Waals surface area contributed by atoms with E-state index in [2.05, 4.69) is 26.2 Å². The Bertz CT molecular complexity index is 934. The number of hydrogen-bond donors (Lipinski definition) is 2. The van der Waals surface area contributed by atoms with Gasteiger partial charge in [-0.1, -0.05) is 22.0 Å². The molecule has 3 aromatic rings. The molecule has 2 aromatic carbocycles. The summed E-state index contributed by atoms with van der Waals surface area (Å²) in [6, 6.07) is 12.3. The number of aromatic amines is 1. The average molecular weight is 387 g/mol. The van der Waals surface area contributed by atoms with E-state index in [1.54, 1.807) is 0 Å². The van der Waals surface area contributed by atoms with Gasteiger partial charge in [-0.3, -0.25) is 4.79 Å². The van der Waals surface area contributed by atoms with E-state index in [9.17, 15) is 9.18 Å². The monoisotopic (exact) mass is 386 g/mol. The second-order valence-electron chi connectivity index (χ2n) is 6.20. The van der Waals surface area contributed by atoms with Crippen molar-refractivity contribution in [1.82, 2.24) is 10.3 Å². The van der Waals surface area contributed by atoms with Crippen molar-refractivity contribution in [2.24, 2.45) is 0 Å². The van der Waals surface area contributed by atoms with E-state index in [1.807, 2.05) is 30.3 Å². The lowest BCUT2D eigenvalue weighted by atomic mass is 9.91. The topological polar surface area (TPSA) is 44.9 Å². The largest absolute Gasteiger partial charge is 0.358 e. The molecular formula is C19H16BrFN2O. The zero-order chi connectivity index (χ0) is 16.7. The van der Waals surface area contributed by atoms with Gasteiger partial charge in [-0.2, -0.15) is 0 Å². The van der Waals surface area contributed by atoms with E-state index >= 15 is 0 Å². The molecule has 1 aliphatic carbocycles. The van der Waals surface area contributed by atoms with E-state index in [-0.39, 0.29) is 17.8 Å². The maximum Gasteiger partial charge on any atom is 0.251 e. The number of aromatic nitrogens is 1. The fraction of sp³-hybridized carbons (Fsp3) is 0.211. The first-order valence-electron chi connectivity index (χ1n) is 7.95. The van der Waals surface area contributed by atoms with Crippen LogP contribution in [0.5, 0.6) is 0 Å². The molecule has 1 aliphatic rings. The van der Waals surface area contributed by atoms with Crippen molar-refractivity contribution in [2.75, 3.05) is 0 Å². The minimum atomic E-state index is -0.236. The predicted molar refractivity (Wildman–Crippen MR) is 95.7 cm³/mol. The highest BCUT2D eigenvalue weighted by molar-refractivity contribution is 9.10. The normalized spacial score (nSPS) is 16.8. The summed E-state index contributed by atoms with van der Waals surface area (Å²) in [5.74, 6) is -0.295. The van der Waals surface area contributed by atoms with Crippen molar-refractivity contribution in [1.29, 1.82) is 0 Å². The van der Waals surface area contributed by atoms with Gasteiger partial charge in [0.1, 0.15) is 5.82 Å². The molecule has 5 heteroatoms. The third-order valence-corrected chi connectivity index (χ3v) is 5.07. The Hall–Kier alpha value is -2.14. The molecule has 0 aliphatic heterocycles. The van der Waals surface area contributed by atoms with Gasteiger partial charge in [0.15, 0.2) is 0 Å². The lowest BCUT2D eigenvalue weighted by molar-refractivity contribution is 0.0933. The highest BCUT2D eigenvalue weighted by atomic mass is 79.9. The second-order valence-corrected chi connectivity index (χ2v) is 7.11.